The highest BCUT2D eigenvalue weighted by Crippen LogP contribution is 2.34. The Labute approximate surface area is 169 Å². The highest BCUT2D eigenvalue weighted by atomic mass is 16.5. The molecule has 1 heterocycles. The second-order valence-electron chi connectivity index (χ2n) is 7.67. The lowest BCUT2D eigenvalue weighted by Gasteiger charge is -2.22. The third kappa shape index (κ3) is 5.45. The van der Waals surface area contributed by atoms with E-state index < -0.39 is 0 Å². The van der Waals surface area contributed by atoms with E-state index in [-0.39, 0.29) is 6.10 Å². The van der Waals surface area contributed by atoms with Gasteiger partial charge < -0.3 is 4.74 Å². The minimum Gasteiger partial charge on any atom is -0.491 e. The molecule has 0 amide bonds. The lowest BCUT2D eigenvalue weighted by atomic mass is 9.83. The van der Waals surface area contributed by atoms with Crippen LogP contribution >= 0.6 is 0 Å². The van der Waals surface area contributed by atoms with Crippen molar-refractivity contribution < 1.29 is 4.74 Å². The average molecular weight is 374 g/mol. The molecule has 3 rings (SSSR count). The predicted molar refractivity (Wildman–Crippen MR) is 117 cm³/mol. The van der Waals surface area contributed by atoms with Crippen molar-refractivity contribution in [1.82, 2.24) is 4.98 Å². The summed E-state index contributed by atoms with van der Waals surface area (Å²) in [5.74, 6) is 1.87. The number of benzene rings is 2. The van der Waals surface area contributed by atoms with Gasteiger partial charge in [-0.25, -0.2) is 0 Å². The Kier molecular flexibility index (Phi) is 7.25. The van der Waals surface area contributed by atoms with E-state index in [1.807, 2.05) is 18.5 Å². The van der Waals surface area contributed by atoms with Crippen LogP contribution in [0.2, 0.25) is 0 Å². The molecule has 0 aliphatic carbocycles. The second kappa shape index (κ2) is 10.1. The fourth-order valence-corrected chi connectivity index (χ4v) is 3.88. The first-order valence-electron chi connectivity index (χ1n) is 10.4. The van der Waals surface area contributed by atoms with E-state index in [0.29, 0.717) is 11.8 Å². The van der Waals surface area contributed by atoms with Crippen LogP contribution < -0.4 is 4.74 Å². The third-order valence-electron chi connectivity index (χ3n) is 5.29. The summed E-state index contributed by atoms with van der Waals surface area (Å²) >= 11 is 0. The Hall–Kier alpha value is -2.61. The maximum absolute atomic E-state index is 5.91. The quantitative estimate of drug-likeness (QED) is 0.404. The molecule has 0 saturated carbocycles. The Balaban J connectivity index is 1.78. The van der Waals surface area contributed by atoms with Crippen LogP contribution in [0.3, 0.4) is 0 Å². The molecule has 0 aliphatic rings. The normalized spacial score (nSPS) is 13.3. The lowest BCUT2D eigenvalue weighted by molar-refractivity contribution is 0.242. The summed E-state index contributed by atoms with van der Waals surface area (Å²) < 4.78 is 5.91. The summed E-state index contributed by atoms with van der Waals surface area (Å²) in [5, 5.41) is 0. The van der Waals surface area contributed by atoms with Crippen molar-refractivity contribution in [3.05, 3.63) is 95.8 Å². The van der Waals surface area contributed by atoms with Crippen molar-refractivity contribution in [2.45, 2.75) is 58.0 Å². The van der Waals surface area contributed by atoms with Crippen LogP contribution in [0.4, 0.5) is 0 Å². The number of nitrogens with zero attached hydrogens (tertiary/aromatic N) is 1. The van der Waals surface area contributed by atoms with Crippen LogP contribution in [-0.4, -0.2) is 11.1 Å². The smallest absolute Gasteiger partial charge is 0.119 e. The van der Waals surface area contributed by atoms with E-state index in [1.54, 1.807) is 0 Å². The summed E-state index contributed by atoms with van der Waals surface area (Å²) in [7, 11) is 0. The molecule has 0 spiro atoms. The molecule has 0 saturated heterocycles. The predicted octanol–water partition coefficient (Wildman–Crippen LogP) is 6.97. The zero-order valence-electron chi connectivity index (χ0n) is 17.2. The van der Waals surface area contributed by atoms with Crippen LogP contribution in [0, 0.1) is 0 Å². The lowest BCUT2D eigenvalue weighted by Crippen LogP contribution is -2.07. The number of ether oxygens (including phenoxy) is 1. The highest BCUT2D eigenvalue weighted by Gasteiger charge is 2.18. The maximum Gasteiger partial charge on any atom is 0.119 e. The van der Waals surface area contributed by atoms with Gasteiger partial charge in [-0.1, -0.05) is 55.5 Å². The molecule has 0 fully saturated rings. The van der Waals surface area contributed by atoms with Crippen molar-refractivity contribution in [1.29, 1.82) is 0 Å². The Bertz CT molecular complexity index is 790. The van der Waals surface area contributed by atoms with E-state index in [4.69, 9.17) is 4.74 Å². The number of hydrogen-bond acceptors (Lipinski definition) is 2. The van der Waals surface area contributed by atoms with Gasteiger partial charge in [-0.3, -0.25) is 4.98 Å². The zero-order valence-corrected chi connectivity index (χ0v) is 17.2. The largest absolute Gasteiger partial charge is 0.491 e. The van der Waals surface area contributed by atoms with E-state index in [2.05, 4.69) is 86.4 Å². The fraction of sp³-hybridized carbons (Fsp3) is 0.346. The van der Waals surface area contributed by atoms with Gasteiger partial charge in [0.2, 0.25) is 0 Å². The summed E-state index contributed by atoms with van der Waals surface area (Å²) in [6.07, 6.45) is 7.42. The summed E-state index contributed by atoms with van der Waals surface area (Å²) in [6.45, 7) is 6.42. The molecule has 0 radical (unpaired) electrons. The molecule has 2 atom stereocenters. The van der Waals surface area contributed by atoms with Gasteiger partial charge in [0.1, 0.15) is 5.75 Å². The summed E-state index contributed by atoms with van der Waals surface area (Å²) in [5.41, 5.74) is 4.03. The minimum atomic E-state index is 0.198. The molecule has 0 N–H and O–H groups in total. The molecule has 146 valence electrons. The summed E-state index contributed by atoms with van der Waals surface area (Å²) in [4.78, 5) is 4.36. The molecular formula is C26H31NO. The van der Waals surface area contributed by atoms with Crippen molar-refractivity contribution >= 4 is 0 Å². The first kappa shape index (κ1) is 20.1. The van der Waals surface area contributed by atoms with E-state index in [0.717, 1.165) is 25.0 Å². The van der Waals surface area contributed by atoms with Gasteiger partial charge >= 0.3 is 0 Å². The molecule has 2 unspecified atom stereocenters. The van der Waals surface area contributed by atoms with Gasteiger partial charge in [0.05, 0.1) is 6.10 Å². The second-order valence-corrected chi connectivity index (χ2v) is 7.67. The SMILES string of the molecule is CCC(CCC(c1ccccc1)c1cccnc1)c1cccc(OC(C)C)c1. The first-order valence-corrected chi connectivity index (χ1v) is 10.4. The zero-order chi connectivity index (χ0) is 19.8. The van der Waals surface area contributed by atoms with Gasteiger partial charge in [0, 0.05) is 18.3 Å². The van der Waals surface area contributed by atoms with Gasteiger partial charge in [-0.2, -0.15) is 0 Å². The number of rotatable bonds is 9. The molecule has 0 bridgehead atoms. The Morgan fingerprint density at radius 3 is 2.25 bits per heavy atom. The van der Waals surface area contributed by atoms with E-state index in [1.165, 1.54) is 16.7 Å². The molecule has 2 nitrogen and oxygen atoms in total. The topological polar surface area (TPSA) is 22.1 Å². The van der Waals surface area contributed by atoms with Crippen LogP contribution in [-0.2, 0) is 0 Å². The molecule has 2 heteroatoms. The standard InChI is InChI=1S/C26H31NO/c1-4-21(23-12-8-14-25(18-23)28-20(2)3)15-16-26(22-10-6-5-7-11-22)24-13-9-17-27-19-24/h5-14,17-21,26H,4,15-16H2,1-3H3. The van der Waals surface area contributed by atoms with Gasteiger partial charge in [-0.15, -0.1) is 0 Å². The van der Waals surface area contributed by atoms with Crippen LogP contribution in [0.25, 0.3) is 0 Å². The summed E-state index contributed by atoms with van der Waals surface area (Å²) in [6, 6.07) is 23.7. The number of hydrogen-bond donors (Lipinski definition) is 0. The molecular weight excluding hydrogens is 342 g/mol. The molecule has 3 aromatic rings. The molecule has 2 aromatic carbocycles. The molecule has 1 aromatic heterocycles. The van der Waals surface area contributed by atoms with E-state index >= 15 is 0 Å². The van der Waals surface area contributed by atoms with E-state index in [9.17, 15) is 0 Å². The fourth-order valence-electron chi connectivity index (χ4n) is 3.88. The Morgan fingerprint density at radius 2 is 1.57 bits per heavy atom. The van der Waals surface area contributed by atoms with Crippen LogP contribution in [0.15, 0.2) is 79.1 Å². The number of aromatic nitrogens is 1. The Morgan fingerprint density at radius 1 is 0.821 bits per heavy atom. The van der Waals surface area contributed by atoms with Crippen LogP contribution in [0.1, 0.15) is 68.6 Å². The van der Waals surface area contributed by atoms with Gasteiger partial charge in [0.25, 0.3) is 0 Å². The van der Waals surface area contributed by atoms with Crippen molar-refractivity contribution in [3.63, 3.8) is 0 Å². The van der Waals surface area contributed by atoms with Crippen LogP contribution in [0.5, 0.6) is 5.75 Å². The maximum atomic E-state index is 5.91. The molecule has 0 aliphatic heterocycles. The average Bonchev–Trinajstić information content (AvgIpc) is 2.72. The monoisotopic (exact) mass is 373 g/mol. The number of pyridine rings is 1. The van der Waals surface area contributed by atoms with Gasteiger partial charge in [-0.05, 0) is 73.9 Å². The molecule has 28 heavy (non-hydrogen) atoms. The van der Waals surface area contributed by atoms with Crippen molar-refractivity contribution in [2.75, 3.05) is 0 Å². The van der Waals surface area contributed by atoms with Crippen molar-refractivity contribution in [3.8, 4) is 5.75 Å². The van der Waals surface area contributed by atoms with Crippen molar-refractivity contribution in [2.24, 2.45) is 0 Å². The highest BCUT2D eigenvalue weighted by molar-refractivity contribution is 5.33. The minimum absolute atomic E-state index is 0.198. The third-order valence-corrected chi connectivity index (χ3v) is 5.29. The first-order chi connectivity index (χ1) is 13.7. The van der Waals surface area contributed by atoms with Gasteiger partial charge in [0.15, 0.2) is 0 Å².